The average Bonchev–Trinajstić information content (AvgIpc) is 2.03. The lowest BCUT2D eigenvalue weighted by Gasteiger charge is -2.05. The minimum Gasteiger partial charge on any atom is -0.481 e. The molecule has 4 nitrogen and oxygen atoms in total. The average molecular weight is 180 g/mol. The van der Waals surface area contributed by atoms with E-state index in [1.807, 2.05) is 0 Å². The standard InChI is InChI=1S/C8H9BO4/c10-8(11)5-6-3-1-2-4-7(6)9(12)13/h1-4,12-13H,5H2,(H,10,11). The number of carbonyl (C=O) groups is 1. The third-order valence-electron chi connectivity index (χ3n) is 1.67. The molecule has 0 amide bonds. The highest BCUT2D eigenvalue weighted by atomic mass is 16.4. The highest BCUT2D eigenvalue weighted by Crippen LogP contribution is 1.98. The van der Waals surface area contributed by atoms with Gasteiger partial charge in [-0.1, -0.05) is 24.3 Å². The molecule has 68 valence electrons. The lowest BCUT2D eigenvalue weighted by atomic mass is 9.76. The van der Waals surface area contributed by atoms with Crippen molar-refractivity contribution in [3.63, 3.8) is 0 Å². The van der Waals surface area contributed by atoms with Crippen LogP contribution in [0.4, 0.5) is 0 Å². The summed E-state index contributed by atoms with van der Waals surface area (Å²) >= 11 is 0. The number of aliphatic carboxylic acids is 1. The molecule has 0 spiro atoms. The normalized spacial score (nSPS) is 9.69. The SMILES string of the molecule is O=C(O)Cc1ccccc1B(O)O. The number of carboxylic acid groups (broad SMARTS) is 1. The van der Waals surface area contributed by atoms with Gasteiger partial charge in [0.1, 0.15) is 0 Å². The molecule has 3 N–H and O–H groups in total. The van der Waals surface area contributed by atoms with Crippen LogP contribution in [0.3, 0.4) is 0 Å². The van der Waals surface area contributed by atoms with Crippen molar-refractivity contribution in [1.29, 1.82) is 0 Å². The van der Waals surface area contributed by atoms with Gasteiger partial charge in [0.15, 0.2) is 0 Å². The Balaban J connectivity index is 2.97. The Bertz CT molecular complexity index is 311. The molecule has 0 aliphatic rings. The van der Waals surface area contributed by atoms with Crippen LogP contribution in [0.2, 0.25) is 0 Å². The zero-order valence-electron chi connectivity index (χ0n) is 6.84. The van der Waals surface area contributed by atoms with Crippen LogP contribution in [-0.4, -0.2) is 28.2 Å². The highest BCUT2D eigenvalue weighted by molar-refractivity contribution is 6.59. The summed E-state index contributed by atoms with van der Waals surface area (Å²) in [5.41, 5.74) is 0.662. The molecule has 0 aliphatic carbocycles. The van der Waals surface area contributed by atoms with E-state index in [1.54, 1.807) is 18.2 Å². The summed E-state index contributed by atoms with van der Waals surface area (Å²) in [7, 11) is -1.62. The van der Waals surface area contributed by atoms with Gasteiger partial charge in [0.2, 0.25) is 0 Å². The maximum atomic E-state index is 10.4. The smallest absolute Gasteiger partial charge is 0.481 e. The lowest BCUT2D eigenvalue weighted by molar-refractivity contribution is -0.136. The zero-order chi connectivity index (χ0) is 9.84. The highest BCUT2D eigenvalue weighted by Gasteiger charge is 2.16. The van der Waals surface area contributed by atoms with Crippen molar-refractivity contribution in [2.24, 2.45) is 0 Å². The minimum absolute atomic E-state index is 0.201. The van der Waals surface area contributed by atoms with Crippen molar-refractivity contribution in [2.75, 3.05) is 0 Å². The predicted molar refractivity (Wildman–Crippen MR) is 47.6 cm³/mol. The van der Waals surface area contributed by atoms with Gasteiger partial charge in [-0.3, -0.25) is 4.79 Å². The van der Waals surface area contributed by atoms with Crippen LogP contribution in [-0.2, 0) is 11.2 Å². The number of benzene rings is 1. The fourth-order valence-corrected chi connectivity index (χ4v) is 1.11. The van der Waals surface area contributed by atoms with Crippen molar-refractivity contribution in [2.45, 2.75) is 6.42 Å². The molecule has 0 aliphatic heterocycles. The molecule has 0 bridgehead atoms. The monoisotopic (exact) mass is 180 g/mol. The quantitative estimate of drug-likeness (QED) is 0.521. The number of rotatable bonds is 3. The molecule has 1 rings (SSSR count). The van der Waals surface area contributed by atoms with E-state index in [-0.39, 0.29) is 11.9 Å². The third kappa shape index (κ3) is 2.57. The molecule has 0 radical (unpaired) electrons. The van der Waals surface area contributed by atoms with Crippen LogP contribution in [0.1, 0.15) is 5.56 Å². The number of carboxylic acids is 1. The summed E-state index contributed by atoms with van der Waals surface area (Å²) in [5.74, 6) is -0.992. The maximum Gasteiger partial charge on any atom is 0.488 e. The van der Waals surface area contributed by atoms with Crippen molar-refractivity contribution in [3.8, 4) is 0 Å². The molecule has 1 aromatic carbocycles. The second-order valence-electron chi connectivity index (χ2n) is 2.64. The third-order valence-corrected chi connectivity index (χ3v) is 1.67. The van der Waals surface area contributed by atoms with Gasteiger partial charge in [-0.05, 0) is 11.0 Å². The van der Waals surface area contributed by atoms with Crippen molar-refractivity contribution in [1.82, 2.24) is 0 Å². The van der Waals surface area contributed by atoms with E-state index in [0.29, 0.717) is 5.56 Å². The van der Waals surface area contributed by atoms with Gasteiger partial charge in [-0.15, -0.1) is 0 Å². The maximum absolute atomic E-state index is 10.4. The molecule has 0 saturated carbocycles. The summed E-state index contributed by atoms with van der Waals surface area (Å²) in [6.07, 6.45) is -0.201. The summed E-state index contributed by atoms with van der Waals surface area (Å²) < 4.78 is 0. The Labute approximate surface area is 75.6 Å². The lowest BCUT2D eigenvalue weighted by Crippen LogP contribution is -2.33. The van der Waals surface area contributed by atoms with Crippen LogP contribution < -0.4 is 5.46 Å². The number of hydrogen-bond donors (Lipinski definition) is 3. The van der Waals surface area contributed by atoms with E-state index in [0.717, 1.165) is 0 Å². The van der Waals surface area contributed by atoms with Crippen LogP contribution in [0.15, 0.2) is 24.3 Å². The van der Waals surface area contributed by atoms with E-state index < -0.39 is 13.1 Å². The molecule has 0 heterocycles. The molecule has 0 saturated heterocycles. The van der Waals surface area contributed by atoms with Gasteiger partial charge >= 0.3 is 13.1 Å². The molecule has 0 fully saturated rings. The summed E-state index contributed by atoms with van der Waals surface area (Å²) in [5, 5.41) is 26.3. The largest absolute Gasteiger partial charge is 0.488 e. The van der Waals surface area contributed by atoms with Gasteiger partial charge in [0, 0.05) is 0 Å². The van der Waals surface area contributed by atoms with Crippen LogP contribution in [0.5, 0.6) is 0 Å². The second-order valence-corrected chi connectivity index (χ2v) is 2.64. The molecule has 13 heavy (non-hydrogen) atoms. The predicted octanol–water partition coefficient (Wildman–Crippen LogP) is -1.01. The van der Waals surface area contributed by atoms with E-state index in [9.17, 15) is 4.79 Å². The van der Waals surface area contributed by atoms with Crippen molar-refractivity contribution in [3.05, 3.63) is 29.8 Å². The molecular formula is C8H9BO4. The van der Waals surface area contributed by atoms with E-state index in [1.165, 1.54) is 6.07 Å². The van der Waals surface area contributed by atoms with E-state index in [2.05, 4.69) is 0 Å². The first-order valence-electron chi connectivity index (χ1n) is 3.77. The fraction of sp³-hybridized carbons (Fsp3) is 0.125. The van der Waals surface area contributed by atoms with Crippen LogP contribution >= 0.6 is 0 Å². The van der Waals surface area contributed by atoms with Crippen LogP contribution in [0, 0.1) is 0 Å². The van der Waals surface area contributed by atoms with Gasteiger partial charge in [0.05, 0.1) is 6.42 Å². The zero-order valence-corrected chi connectivity index (χ0v) is 6.84. The van der Waals surface area contributed by atoms with E-state index >= 15 is 0 Å². The summed E-state index contributed by atoms with van der Waals surface area (Å²) in [4.78, 5) is 10.4. The van der Waals surface area contributed by atoms with Gasteiger partial charge < -0.3 is 15.2 Å². The Hall–Kier alpha value is -1.33. The molecular weight excluding hydrogens is 171 g/mol. The Morgan fingerprint density at radius 1 is 1.31 bits per heavy atom. The molecule has 0 unspecified atom stereocenters. The Kier molecular flexibility index (Phi) is 3.05. The molecule has 5 heteroatoms. The van der Waals surface area contributed by atoms with E-state index in [4.69, 9.17) is 15.2 Å². The number of hydrogen-bond acceptors (Lipinski definition) is 3. The second kappa shape index (κ2) is 4.07. The minimum atomic E-state index is -1.62. The van der Waals surface area contributed by atoms with Crippen LogP contribution in [0.25, 0.3) is 0 Å². The summed E-state index contributed by atoms with van der Waals surface area (Å²) in [6.45, 7) is 0. The van der Waals surface area contributed by atoms with Crippen molar-refractivity contribution < 1.29 is 19.9 Å². The molecule has 1 aromatic rings. The fourth-order valence-electron chi connectivity index (χ4n) is 1.11. The van der Waals surface area contributed by atoms with Gasteiger partial charge in [-0.25, -0.2) is 0 Å². The van der Waals surface area contributed by atoms with Gasteiger partial charge in [0.25, 0.3) is 0 Å². The summed E-state index contributed by atoms with van der Waals surface area (Å²) in [6, 6.07) is 6.33. The van der Waals surface area contributed by atoms with Gasteiger partial charge in [-0.2, -0.15) is 0 Å². The first-order chi connectivity index (χ1) is 6.11. The van der Waals surface area contributed by atoms with Crippen molar-refractivity contribution >= 4 is 18.6 Å². The Morgan fingerprint density at radius 2 is 1.92 bits per heavy atom. The molecule has 0 atom stereocenters. The first-order valence-corrected chi connectivity index (χ1v) is 3.77. The molecule has 0 aromatic heterocycles. The Morgan fingerprint density at radius 3 is 2.46 bits per heavy atom. The first kappa shape index (κ1) is 9.76. The topological polar surface area (TPSA) is 77.8 Å².